The minimum Gasteiger partial charge on any atom is -0.480 e. The number of nitrogens with zero attached hydrogens (tertiary/aromatic N) is 1. The van der Waals surface area contributed by atoms with Crippen LogP contribution in [-0.2, 0) is 11.2 Å². The number of benzene rings is 1. The summed E-state index contributed by atoms with van der Waals surface area (Å²) < 4.78 is 0. The fraction of sp³-hybridized carbons (Fsp3) is 0.467. The van der Waals surface area contributed by atoms with E-state index in [1.807, 2.05) is 30.3 Å². The SMILES string of the molecule is CN(CC1CC1)C(=O)N[C@H](Cc1ccccc1)C(=O)O. The van der Waals surface area contributed by atoms with Crippen molar-refractivity contribution in [3.05, 3.63) is 35.9 Å². The van der Waals surface area contributed by atoms with Gasteiger partial charge in [0.2, 0.25) is 0 Å². The zero-order chi connectivity index (χ0) is 14.5. The second-order valence-electron chi connectivity index (χ2n) is 5.35. The predicted octanol–water partition coefficient (Wildman–Crippen LogP) is 1.73. The van der Waals surface area contributed by atoms with Crippen LogP contribution in [0.5, 0.6) is 0 Å². The second kappa shape index (κ2) is 6.41. The standard InChI is InChI=1S/C15H20N2O3/c1-17(10-12-7-8-12)15(20)16-13(14(18)19)9-11-5-3-2-4-6-11/h2-6,12-13H,7-10H2,1H3,(H,16,20)(H,18,19)/t13-/m1/s1. The lowest BCUT2D eigenvalue weighted by atomic mass is 10.1. The van der Waals surface area contributed by atoms with Crippen LogP contribution < -0.4 is 5.32 Å². The number of carbonyl (C=O) groups is 2. The second-order valence-corrected chi connectivity index (χ2v) is 5.35. The van der Waals surface area contributed by atoms with Crippen molar-refractivity contribution in [3.63, 3.8) is 0 Å². The Balaban J connectivity index is 1.91. The van der Waals surface area contributed by atoms with Gasteiger partial charge in [0.05, 0.1) is 0 Å². The van der Waals surface area contributed by atoms with E-state index in [0.717, 1.165) is 18.4 Å². The molecule has 20 heavy (non-hydrogen) atoms. The summed E-state index contributed by atoms with van der Waals surface area (Å²) in [5.74, 6) is -0.426. The summed E-state index contributed by atoms with van der Waals surface area (Å²) in [7, 11) is 1.70. The Hall–Kier alpha value is -2.04. The fourth-order valence-electron chi connectivity index (χ4n) is 2.08. The maximum absolute atomic E-state index is 12.0. The summed E-state index contributed by atoms with van der Waals surface area (Å²) in [6.07, 6.45) is 2.60. The first-order chi connectivity index (χ1) is 9.56. The van der Waals surface area contributed by atoms with E-state index in [4.69, 9.17) is 0 Å². The van der Waals surface area contributed by atoms with Gasteiger partial charge >= 0.3 is 12.0 Å². The number of nitrogens with one attached hydrogen (secondary N) is 1. The van der Waals surface area contributed by atoms with Gasteiger partial charge in [-0.3, -0.25) is 0 Å². The molecule has 0 aliphatic heterocycles. The largest absolute Gasteiger partial charge is 0.480 e. The van der Waals surface area contributed by atoms with Gasteiger partial charge in [-0.15, -0.1) is 0 Å². The average molecular weight is 276 g/mol. The van der Waals surface area contributed by atoms with Crippen molar-refractivity contribution in [1.82, 2.24) is 10.2 Å². The van der Waals surface area contributed by atoms with Crippen molar-refractivity contribution in [1.29, 1.82) is 0 Å². The van der Waals surface area contributed by atoms with Crippen molar-refractivity contribution >= 4 is 12.0 Å². The van der Waals surface area contributed by atoms with Crippen molar-refractivity contribution < 1.29 is 14.7 Å². The Morgan fingerprint density at radius 3 is 2.55 bits per heavy atom. The first-order valence-electron chi connectivity index (χ1n) is 6.84. The predicted molar refractivity (Wildman–Crippen MR) is 75.5 cm³/mol. The van der Waals surface area contributed by atoms with Crippen LogP contribution in [0, 0.1) is 5.92 Å². The smallest absolute Gasteiger partial charge is 0.326 e. The summed E-state index contributed by atoms with van der Waals surface area (Å²) in [5.41, 5.74) is 0.894. The van der Waals surface area contributed by atoms with Crippen molar-refractivity contribution in [3.8, 4) is 0 Å². The Labute approximate surface area is 118 Å². The van der Waals surface area contributed by atoms with E-state index in [1.54, 1.807) is 11.9 Å². The first kappa shape index (κ1) is 14.4. The third-order valence-electron chi connectivity index (χ3n) is 3.45. The maximum atomic E-state index is 12.0. The Kier molecular flexibility index (Phi) is 4.61. The lowest BCUT2D eigenvalue weighted by molar-refractivity contribution is -0.139. The van der Waals surface area contributed by atoms with Crippen LogP contribution in [0.15, 0.2) is 30.3 Å². The van der Waals surface area contributed by atoms with E-state index in [0.29, 0.717) is 18.9 Å². The third-order valence-corrected chi connectivity index (χ3v) is 3.45. The molecule has 0 spiro atoms. The molecule has 1 saturated carbocycles. The van der Waals surface area contributed by atoms with Gasteiger partial charge in [0.1, 0.15) is 6.04 Å². The van der Waals surface area contributed by atoms with Gasteiger partial charge in [0.25, 0.3) is 0 Å². The Morgan fingerprint density at radius 1 is 1.35 bits per heavy atom. The van der Waals surface area contributed by atoms with Crippen LogP contribution in [0.3, 0.4) is 0 Å². The van der Waals surface area contributed by atoms with E-state index in [2.05, 4.69) is 5.32 Å². The Morgan fingerprint density at radius 2 is 2.00 bits per heavy atom. The van der Waals surface area contributed by atoms with Gasteiger partial charge in [-0.05, 0) is 24.3 Å². The zero-order valence-electron chi connectivity index (χ0n) is 11.6. The molecule has 5 nitrogen and oxygen atoms in total. The molecule has 1 aliphatic carbocycles. The number of carboxylic acid groups (broad SMARTS) is 1. The zero-order valence-corrected chi connectivity index (χ0v) is 11.6. The van der Waals surface area contributed by atoms with Gasteiger partial charge in [-0.25, -0.2) is 9.59 Å². The van der Waals surface area contributed by atoms with Gasteiger partial charge in [0.15, 0.2) is 0 Å². The molecule has 0 aromatic heterocycles. The molecule has 2 rings (SSSR count). The van der Waals surface area contributed by atoms with Crippen LogP contribution in [0.4, 0.5) is 4.79 Å². The van der Waals surface area contributed by atoms with E-state index in [1.165, 1.54) is 0 Å². The van der Waals surface area contributed by atoms with Crippen molar-refractivity contribution in [2.45, 2.75) is 25.3 Å². The molecule has 0 bridgehead atoms. The molecule has 2 amide bonds. The minimum absolute atomic E-state index is 0.291. The van der Waals surface area contributed by atoms with Gasteiger partial charge < -0.3 is 15.3 Å². The number of carboxylic acids is 1. The molecule has 1 aromatic rings. The van der Waals surface area contributed by atoms with Crippen LogP contribution in [0.2, 0.25) is 0 Å². The normalized spacial score (nSPS) is 15.4. The number of carbonyl (C=O) groups excluding carboxylic acids is 1. The quantitative estimate of drug-likeness (QED) is 0.831. The summed E-state index contributed by atoms with van der Waals surface area (Å²) in [6.45, 7) is 0.698. The number of urea groups is 1. The van der Waals surface area contributed by atoms with Gasteiger partial charge in [-0.1, -0.05) is 30.3 Å². The number of hydrogen-bond donors (Lipinski definition) is 2. The molecule has 0 heterocycles. The number of aliphatic carboxylic acids is 1. The number of hydrogen-bond acceptors (Lipinski definition) is 2. The van der Waals surface area contributed by atoms with Crippen molar-refractivity contribution in [2.24, 2.45) is 5.92 Å². The average Bonchev–Trinajstić information content (AvgIpc) is 3.22. The minimum atomic E-state index is -1.01. The summed E-state index contributed by atoms with van der Waals surface area (Å²) >= 11 is 0. The van der Waals surface area contributed by atoms with Crippen molar-refractivity contribution in [2.75, 3.05) is 13.6 Å². The number of rotatable bonds is 6. The molecule has 108 valence electrons. The Bertz CT molecular complexity index is 471. The lowest BCUT2D eigenvalue weighted by Crippen LogP contribution is -2.48. The highest BCUT2D eigenvalue weighted by molar-refractivity contribution is 5.82. The first-order valence-corrected chi connectivity index (χ1v) is 6.84. The highest BCUT2D eigenvalue weighted by Gasteiger charge is 2.27. The molecule has 1 aromatic carbocycles. The summed E-state index contributed by atoms with van der Waals surface area (Å²) in [5, 5.41) is 11.8. The summed E-state index contributed by atoms with van der Waals surface area (Å²) in [4.78, 5) is 24.8. The van der Waals surface area contributed by atoms with Gasteiger partial charge in [0, 0.05) is 20.0 Å². The molecule has 0 radical (unpaired) electrons. The molecule has 5 heteroatoms. The van der Waals surface area contributed by atoms with E-state index in [9.17, 15) is 14.7 Å². The van der Waals surface area contributed by atoms with E-state index in [-0.39, 0.29) is 6.03 Å². The molecule has 1 aliphatic rings. The maximum Gasteiger partial charge on any atom is 0.326 e. The fourth-order valence-corrected chi connectivity index (χ4v) is 2.08. The summed E-state index contributed by atoms with van der Waals surface area (Å²) in [6, 6.07) is 8.09. The van der Waals surface area contributed by atoms with E-state index >= 15 is 0 Å². The molecule has 2 N–H and O–H groups in total. The molecule has 1 fully saturated rings. The monoisotopic (exact) mass is 276 g/mol. The van der Waals surface area contributed by atoms with Crippen LogP contribution >= 0.6 is 0 Å². The highest BCUT2D eigenvalue weighted by Crippen LogP contribution is 2.29. The van der Waals surface area contributed by atoms with Crippen LogP contribution in [0.25, 0.3) is 0 Å². The van der Waals surface area contributed by atoms with Crippen LogP contribution in [-0.4, -0.2) is 41.6 Å². The molecule has 0 saturated heterocycles. The molecular weight excluding hydrogens is 256 g/mol. The number of amides is 2. The molecule has 1 atom stereocenters. The molecule has 0 unspecified atom stereocenters. The van der Waals surface area contributed by atoms with E-state index < -0.39 is 12.0 Å². The third kappa shape index (κ3) is 4.26. The topological polar surface area (TPSA) is 69.6 Å². The van der Waals surface area contributed by atoms with Crippen LogP contribution in [0.1, 0.15) is 18.4 Å². The highest BCUT2D eigenvalue weighted by atomic mass is 16.4. The van der Waals surface area contributed by atoms with Gasteiger partial charge in [-0.2, -0.15) is 0 Å². The molecular formula is C15H20N2O3. The lowest BCUT2D eigenvalue weighted by Gasteiger charge is -2.21.